The van der Waals surface area contributed by atoms with Crippen LogP contribution in [0.5, 0.6) is 0 Å². The molecule has 0 aromatic heterocycles. The van der Waals surface area contributed by atoms with E-state index in [1.165, 1.54) is 32.1 Å². The Kier molecular flexibility index (Phi) is 1.76. The Morgan fingerprint density at radius 1 is 1.00 bits per heavy atom. The highest BCUT2D eigenvalue weighted by atomic mass is 16.3. The predicted octanol–water partition coefficient (Wildman–Crippen LogP) is 2.73. The van der Waals surface area contributed by atoms with Crippen molar-refractivity contribution in [3.8, 4) is 0 Å². The van der Waals surface area contributed by atoms with Crippen LogP contribution < -0.4 is 0 Å². The second kappa shape index (κ2) is 2.47. The molecule has 2 saturated carbocycles. The largest absolute Gasteiger partial charge is 0.389 e. The summed E-state index contributed by atoms with van der Waals surface area (Å²) in [5.74, 6) is 0.445. The molecule has 0 heterocycles. The molecule has 2 aliphatic carbocycles. The number of hydrogen-bond acceptors (Lipinski definition) is 1. The molecule has 12 heavy (non-hydrogen) atoms. The van der Waals surface area contributed by atoms with Crippen molar-refractivity contribution >= 4 is 0 Å². The Bertz CT molecular complexity index is 181. The van der Waals surface area contributed by atoms with Gasteiger partial charge in [0.05, 0.1) is 5.60 Å². The molecule has 1 atom stereocenters. The van der Waals surface area contributed by atoms with E-state index in [4.69, 9.17) is 0 Å². The monoisotopic (exact) mass is 168 g/mol. The van der Waals surface area contributed by atoms with Gasteiger partial charge >= 0.3 is 0 Å². The summed E-state index contributed by atoms with van der Waals surface area (Å²) in [6, 6.07) is 0. The molecule has 0 amide bonds. The van der Waals surface area contributed by atoms with Crippen molar-refractivity contribution in [2.45, 2.75) is 58.0 Å². The molecule has 0 bridgehead atoms. The normalized spacial score (nSPS) is 39.0. The van der Waals surface area contributed by atoms with Crippen molar-refractivity contribution < 1.29 is 5.11 Å². The van der Waals surface area contributed by atoms with Crippen molar-refractivity contribution in [1.82, 2.24) is 0 Å². The zero-order chi connectivity index (χ0) is 8.82. The van der Waals surface area contributed by atoms with Crippen molar-refractivity contribution in [3.05, 3.63) is 0 Å². The SMILES string of the molecule is CC(C)C1(O)CCCC12CCC2. The van der Waals surface area contributed by atoms with Crippen LogP contribution >= 0.6 is 0 Å². The maximum Gasteiger partial charge on any atom is 0.0726 e. The first-order valence-electron chi connectivity index (χ1n) is 5.33. The first-order chi connectivity index (χ1) is 5.61. The van der Waals surface area contributed by atoms with Gasteiger partial charge in [-0.25, -0.2) is 0 Å². The molecular formula is C11H20O. The summed E-state index contributed by atoms with van der Waals surface area (Å²) in [5, 5.41) is 10.5. The molecular weight excluding hydrogens is 148 g/mol. The third kappa shape index (κ3) is 0.834. The molecule has 0 radical (unpaired) electrons. The highest BCUT2D eigenvalue weighted by molar-refractivity contribution is 5.08. The highest BCUT2D eigenvalue weighted by Gasteiger charge is 2.57. The average molecular weight is 168 g/mol. The van der Waals surface area contributed by atoms with E-state index < -0.39 is 0 Å². The Morgan fingerprint density at radius 3 is 1.83 bits per heavy atom. The smallest absolute Gasteiger partial charge is 0.0726 e. The van der Waals surface area contributed by atoms with Crippen LogP contribution in [0.1, 0.15) is 52.4 Å². The van der Waals surface area contributed by atoms with E-state index in [0.717, 1.165) is 6.42 Å². The minimum atomic E-state index is -0.314. The third-order valence-corrected chi connectivity index (χ3v) is 4.40. The van der Waals surface area contributed by atoms with E-state index >= 15 is 0 Å². The number of rotatable bonds is 1. The Labute approximate surface area is 75.2 Å². The molecule has 0 aliphatic heterocycles. The molecule has 1 N–H and O–H groups in total. The van der Waals surface area contributed by atoms with Gasteiger partial charge in [0.2, 0.25) is 0 Å². The fourth-order valence-electron chi connectivity index (χ4n) is 3.37. The predicted molar refractivity (Wildman–Crippen MR) is 49.9 cm³/mol. The van der Waals surface area contributed by atoms with E-state index in [2.05, 4.69) is 13.8 Å². The minimum absolute atomic E-state index is 0.314. The zero-order valence-electron chi connectivity index (χ0n) is 8.27. The van der Waals surface area contributed by atoms with Crippen molar-refractivity contribution in [1.29, 1.82) is 0 Å². The molecule has 1 heteroatoms. The van der Waals surface area contributed by atoms with Gasteiger partial charge in [-0.2, -0.15) is 0 Å². The van der Waals surface area contributed by atoms with E-state index in [0.29, 0.717) is 11.3 Å². The Balaban J connectivity index is 2.23. The summed E-state index contributed by atoms with van der Waals surface area (Å²) >= 11 is 0. The Hall–Kier alpha value is -0.0400. The van der Waals surface area contributed by atoms with Gasteiger partial charge in [0, 0.05) is 0 Å². The van der Waals surface area contributed by atoms with E-state index in [1.807, 2.05) is 0 Å². The van der Waals surface area contributed by atoms with Gasteiger partial charge in [0.15, 0.2) is 0 Å². The van der Waals surface area contributed by atoms with Gasteiger partial charge in [-0.15, -0.1) is 0 Å². The Morgan fingerprint density at radius 2 is 1.50 bits per heavy atom. The summed E-state index contributed by atoms with van der Waals surface area (Å²) < 4.78 is 0. The minimum Gasteiger partial charge on any atom is -0.389 e. The topological polar surface area (TPSA) is 20.2 Å². The van der Waals surface area contributed by atoms with Gasteiger partial charge < -0.3 is 5.11 Å². The summed E-state index contributed by atoms with van der Waals surface area (Å²) in [6.45, 7) is 4.34. The fraction of sp³-hybridized carbons (Fsp3) is 1.00. The van der Waals surface area contributed by atoms with Gasteiger partial charge in [-0.1, -0.05) is 20.3 Å². The van der Waals surface area contributed by atoms with Crippen LogP contribution in [0.2, 0.25) is 0 Å². The second-order valence-electron chi connectivity index (χ2n) is 5.07. The van der Waals surface area contributed by atoms with Gasteiger partial charge in [-0.05, 0) is 43.4 Å². The van der Waals surface area contributed by atoms with Crippen LogP contribution in [-0.2, 0) is 0 Å². The molecule has 2 fully saturated rings. The molecule has 1 spiro atoms. The van der Waals surface area contributed by atoms with Crippen molar-refractivity contribution in [2.75, 3.05) is 0 Å². The van der Waals surface area contributed by atoms with Gasteiger partial charge in [0.25, 0.3) is 0 Å². The lowest BCUT2D eigenvalue weighted by molar-refractivity contribution is -0.133. The molecule has 2 rings (SSSR count). The maximum absolute atomic E-state index is 10.5. The van der Waals surface area contributed by atoms with Crippen LogP contribution in [-0.4, -0.2) is 10.7 Å². The lowest BCUT2D eigenvalue weighted by Gasteiger charge is -2.51. The van der Waals surface area contributed by atoms with E-state index in [9.17, 15) is 5.11 Å². The molecule has 1 nitrogen and oxygen atoms in total. The number of hydrogen-bond donors (Lipinski definition) is 1. The van der Waals surface area contributed by atoms with Crippen molar-refractivity contribution in [2.24, 2.45) is 11.3 Å². The zero-order valence-corrected chi connectivity index (χ0v) is 8.27. The second-order valence-corrected chi connectivity index (χ2v) is 5.07. The van der Waals surface area contributed by atoms with Gasteiger partial charge in [-0.3, -0.25) is 0 Å². The summed E-state index contributed by atoms with van der Waals surface area (Å²) in [7, 11) is 0. The molecule has 0 aromatic rings. The summed E-state index contributed by atoms with van der Waals surface area (Å²) in [5.41, 5.74) is 0.0341. The maximum atomic E-state index is 10.5. The summed E-state index contributed by atoms with van der Waals surface area (Å²) in [6.07, 6.45) is 7.47. The molecule has 1 unspecified atom stereocenters. The molecule has 0 saturated heterocycles. The van der Waals surface area contributed by atoms with Crippen LogP contribution in [0.4, 0.5) is 0 Å². The standard InChI is InChI=1S/C11H20O/c1-9(2)11(12)8-4-7-10(11)5-3-6-10/h9,12H,3-8H2,1-2H3. The lowest BCUT2D eigenvalue weighted by atomic mass is 9.57. The molecule has 0 aromatic carbocycles. The summed E-state index contributed by atoms with van der Waals surface area (Å²) in [4.78, 5) is 0. The average Bonchev–Trinajstić information content (AvgIpc) is 2.26. The molecule has 70 valence electrons. The van der Waals surface area contributed by atoms with Crippen molar-refractivity contribution in [3.63, 3.8) is 0 Å². The van der Waals surface area contributed by atoms with Crippen LogP contribution in [0.15, 0.2) is 0 Å². The van der Waals surface area contributed by atoms with Crippen LogP contribution in [0, 0.1) is 11.3 Å². The fourth-order valence-corrected chi connectivity index (χ4v) is 3.37. The third-order valence-electron chi connectivity index (χ3n) is 4.40. The van der Waals surface area contributed by atoms with E-state index in [1.54, 1.807) is 0 Å². The number of aliphatic hydroxyl groups is 1. The quantitative estimate of drug-likeness (QED) is 0.638. The lowest BCUT2D eigenvalue weighted by Crippen LogP contribution is -2.51. The molecule has 2 aliphatic rings. The van der Waals surface area contributed by atoms with Crippen LogP contribution in [0.25, 0.3) is 0 Å². The van der Waals surface area contributed by atoms with Gasteiger partial charge in [0.1, 0.15) is 0 Å². The van der Waals surface area contributed by atoms with Crippen LogP contribution in [0.3, 0.4) is 0 Å². The van der Waals surface area contributed by atoms with E-state index in [-0.39, 0.29) is 5.60 Å². The first kappa shape index (κ1) is 8.55. The highest BCUT2D eigenvalue weighted by Crippen LogP contribution is 2.61. The first-order valence-corrected chi connectivity index (χ1v) is 5.33.